The van der Waals surface area contributed by atoms with Gasteiger partial charge in [0.2, 0.25) is 0 Å². The van der Waals surface area contributed by atoms with Crippen LogP contribution in [0, 0.1) is 17.7 Å². The number of pyridine rings is 1. The van der Waals surface area contributed by atoms with Crippen LogP contribution in [0.25, 0.3) is 27.6 Å². The molecule has 162 valence electrons. The van der Waals surface area contributed by atoms with Crippen LogP contribution in [0.15, 0.2) is 73.2 Å². The Morgan fingerprint density at radius 2 is 1.76 bits per heavy atom. The van der Waals surface area contributed by atoms with Crippen molar-refractivity contribution < 1.29 is 9.13 Å². The molecule has 5 nitrogen and oxygen atoms in total. The topological polar surface area (TPSA) is 66.0 Å². The highest BCUT2D eigenvalue weighted by Crippen LogP contribution is 2.28. The minimum absolute atomic E-state index is 0.304. The zero-order valence-corrected chi connectivity index (χ0v) is 18.0. The van der Waals surface area contributed by atoms with Crippen molar-refractivity contribution in [2.24, 2.45) is 5.73 Å². The van der Waals surface area contributed by atoms with E-state index in [1.165, 1.54) is 11.6 Å². The summed E-state index contributed by atoms with van der Waals surface area (Å²) in [6.45, 7) is 0.607. The number of benzene rings is 3. The van der Waals surface area contributed by atoms with Crippen molar-refractivity contribution in [3.63, 3.8) is 0 Å². The van der Waals surface area contributed by atoms with Gasteiger partial charge in [-0.25, -0.2) is 9.37 Å². The maximum absolute atomic E-state index is 14.8. The molecule has 0 aliphatic rings. The zero-order valence-electron chi connectivity index (χ0n) is 18.0. The molecule has 0 aliphatic heterocycles. The Labute approximate surface area is 190 Å². The van der Waals surface area contributed by atoms with Gasteiger partial charge in [-0.3, -0.25) is 9.55 Å². The summed E-state index contributed by atoms with van der Waals surface area (Å²) >= 11 is 0. The molecule has 5 aromatic rings. The van der Waals surface area contributed by atoms with Crippen LogP contribution in [0.2, 0.25) is 0 Å². The van der Waals surface area contributed by atoms with Gasteiger partial charge < -0.3 is 10.5 Å². The molecule has 0 spiro atoms. The summed E-state index contributed by atoms with van der Waals surface area (Å²) in [5.41, 5.74) is 11.0. The molecule has 0 radical (unpaired) electrons. The number of methoxy groups -OCH3 is 1. The Kier molecular flexibility index (Phi) is 5.47. The third-order valence-corrected chi connectivity index (χ3v) is 5.54. The molecule has 0 amide bonds. The summed E-state index contributed by atoms with van der Waals surface area (Å²) in [6.07, 6.45) is 4.25. The minimum atomic E-state index is -0.410. The number of hydrogen-bond acceptors (Lipinski definition) is 4. The third-order valence-electron chi connectivity index (χ3n) is 5.54. The van der Waals surface area contributed by atoms with Gasteiger partial charge in [0.25, 0.3) is 0 Å². The molecule has 0 unspecified atom stereocenters. The molecule has 0 aliphatic carbocycles. The van der Waals surface area contributed by atoms with E-state index in [0.29, 0.717) is 17.6 Å². The van der Waals surface area contributed by atoms with Crippen LogP contribution in [0.3, 0.4) is 0 Å². The van der Waals surface area contributed by atoms with Crippen LogP contribution in [-0.4, -0.2) is 28.2 Å². The number of aromatic nitrogens is 3. The van der Waals surface area contributed by atoms with Crippen molar-refractivity contribution in [1.29, 1.82) is 0 Å². The van der Waals surface area contributed by atoms with E-state index in [1.54, 1.807) is 25.7 Å². The van der Waals surface area contributed by atoms with E-state index in [-0.39, 0.29) is 0 Å². The van der Waals surface area contributed by atoms with E-state index in [2.05, 4.69) is 33.9 Å². The largest absolute Gasteiger partial charge is 0.497 e. The summed E-state index contributed by atoms with van der Waals surface area (Å²) in [7, 11) is 1.61. The van der Waals surface area contributed by atoms with Gasteiger partial charge in [-0.05, 0) is 61.0 Å². The van der Waals surface area contributed by atoms with Gasteiger partial charge in [0.05, 0.1) is 29.9 Å². The molecule has 5 rings (SSSR count). The van der Waals surface area contributed by atoms with Crippen molar-refractivity contribution in [3.8, 4) is 23.3 Å². The van der Waals surface area contributed by atoms with E-state index in [4.69, 9.17) is 10.5 Å². The lowest BCUT2D eigenvalue weighted by Gasteiger charge is -2.08. The molecule has 2 heterocycles. The SMILES string of the molecule is COc1ccc(C#Cc2cc3c(cc2F)ncc2ncn(-c4ccc(CCN)cc4)c23)cc1. The molecule has 33 heavy (non-hydrogen) atoms. The van der Waals surface area contributed by atoms with Gasteiger partial charge in [0.1, 0.15) is 23.4 Å². The molecule has 0 saturated carbocycles. The minimum Gasteiger partial charge on any atom is -0.497 e. The van der Waals surface area contributed by atoms with Gasteiger partial charge in [-0.1, -0.05) is 24.0 Å². The summed E-state index contributed by atoms with van der Waals surface area (Å²) in [5.74, 6) is 6.32. The third kappa shape index (κ3) is 4.02. The van der Waals surface area contributed by atoms with E-state index < -0.39 is 5.82 Å². The molecule has 0 bridgehead atoms. The first-order valence-electron chi connectivity index (χ1n) is 10.6. The second-order valence-corrected chi connectivity index (χ2v) is 7.64. The smallest absolute Gasteiger partial charge is 0.141 e. The van der Waals surface area contributed by atoms with Crippen molar-refractivity contribution in [2.75, 3.05) is 13.7 Å². The van der Waals surface area contributed by atoms with Crippen molar-refractivity contribution in [3.05, 3.63) is 95.7 Å². The number of nitrogens with two attached hydrogens (primary N) is 1. The number of halogens is 1. The maximum atomic E-state index is 14.8. The molecule has 3 aromatic carbocycles. The fraction of sp³-hybridized carbons (Fsp3) is 0.111. The molecule has 6 heteroatoms. The quantitative estimate of drug-likeness (QED) is 0.418. The number of rotatable bonds is 4. The highest BCUT2D eigenvalue weighted by molar-refractivity contribution is 6.03. The van der Waals surface area contributed by atoms with Gasteiger partial charge in [-0.2, -0.15) is 0 Å². The first kappa shape index (κ1) is 20.7. The molecule has 0 saturated heterocycles. The number of hydrogen-bond donors (Lipinski definition) is 1. The van der Waals surface area contributed by atoms with Crippen molar-refractivity contribution in [2.45, 2.75) is 6.42 Å². The monoisotopic (exact) mass is 436 g/mol. The van der Waals surface area contributed by atoms with Crippen LogP contribution in [-0.2, 0) is 6.42 Å². The molecule has 0 fully saturated rings. The van der Waals surface area contributed by atoms with E-state index in [0.717, 1.165) is 39.8 Å². The second kappa shape index (κ2) is 8.73. The standard InChI is InChI=1S/C27H21FN4O/c1-33-22-10-5-18(6-11-22)2-7-20-14-23-25(15-24(20)28)30-16-26-27(23)32(17-31-26)21-8-3-19(4-9-21)12-13-29/h3-6,8-11,14-17H,12-13,29H2,1H3. The van der Waals surface area contributed by atoms with Gasteiger partial charge in [0, 0.05) is 22.7 Å². The summed E-state index contributed by atoms with van der Waals surface area (Å²) in [6, 6.07) is 18.7. The Morgan fingerprint density at radius 1 is 0.970 bits per heavy atom. The van der Waals surface area contributed by atoms with Gasteiger partial charge in [0.15, 0.2) is 0 Å². The van der Waals surface area contributed by atoms with E-state index in [1.807, 2.05) is 41.0 Å². The average molecular weight is 436 g/mol. The summed E-state index contributed by atoms with van der Waals surface area (Å²) in [5, 5.41) is 0.788. The molecular formula is C27H21FN4O. The fourth-order valence-corrected chi connectivity index (χ4v) is 3.81. The van der Waals surface area contributed by atoms with Crippen LogP contribution in [0.4, 0.5) is 4.39 Å². The Balaban J connectivity index is 1.62. The predicted molar refractivity (Wildman–Crippen MR) is 128 cm³/mol. The highest BCUT2D eigenvalue weighted by Gasteiger charge is 2.13. The Hall–Kier alpha value is -4.21. The van der Waals surface area contributed by atoms with Crippen LogP contribution < -0.4 is 10.5 Å². The van der Waals surface area contributed by atoms with E-state index >= 15 is 0 Å². The van der Waals surface area contributed by atoms with Gasteiger partial charge in [-0.15, -0.1) is 0 Å². The lowest BCUT2D eigenvalue weighted by Crippen LogP contribution is -2.02. The number of fused-ring (bicyclic) bond motifs is 3. The first-order chi connectivity index (χ1) is 16.2. The number of imidazole rings is 1. The molecule has 2 N–H and O–H groups in total. The van der Waals surface area contributed by atoms with Crippen LogP contribution in [0.5, 0.6) is 5.75 Å². The highest BCUT2D eigenvalue weighted by atomic mass is 19.1. The Bertz CT molecular complexity index is 1510. The number of nitrogens with zero attached hydrogens (tertiary/aromatic N) is 3. The maximum Gasteiger partial charge on any atom is 0.141 e. The molecule has 0 atom stereocenters. The summed E-state index contributed by atoms with van der Waals surface area (Å²) < 4.78 is 22.0. The van der Waals surface area contributed by atoms with Crippen LogP contribution in [0.1, 0.15) is 16.7 Å². The lowest BCUT2D eigenvalue weighted by atomic mass is 10.1. The second-order valence-electron chi connectivity index (χ2n) is 7.64. The lowest BCUT2D eigenvalue weighted by molar-refractivity contribution is 0.415. The van der Waals surface area contributed by atoms with Crippen molar-refractivity contribution in [1.82, 2.24) is 14.5 Å². The number of ether oxygens (including phenoxy) is 1. The molecule has 2 aromatic heterocycles. The molecular weight excluding hydrogens is 415 g/mol. The fourth-order valence-electron chi connectivity index (χ4n) is 3.81. The van der Waals surface area contributed by atoms with Crippen LogP contribution >= 0.6 is 0 Å². The summed E-state index contributed by atoms with van der Waals surface area (Å²) in [4.78, 5) is 8.91. The van der Waals surface area contributed by atoms with E-state index in [9.17, 15) is 4.39 Å². The predicted octanol–water partition coefficient (Wildman–Crippen LogP) is 4.62. The Morgan fingerprint density at radius 3 is 2.48 bits per heavy atom. The first-order valence-corrected chi connectivity index (χ1v) is 10.6. The van der Waals surface area contributed by atoms with Crippen molar-refractivity contribution >= 4 is 21.9 Å². The normalized spacial score (nSPS) is 10.9. The zero-order chi connectivity index (χ0) is 22.8. The van der Waals surface area contributed by atoms with Gasteiger partial charge >= 0.3 is 0 Å². The average Bonchev–Trinajstić information content (AvgIpc) is 3.28.